The number of hydrogen-bond acceptors (Lipinski definition) is 3. The number of rotatable bonds is 4. The molecule has 1 aromatic rings. The summed E-state index contributed by atoms with van der Waals surface area (Å²) in [4.78, 5) is 21.5. The molecule has 1 rings (SSSR count). The summed E-state index contributed by atoms with van der Waals surface area (Å²) in [7, 11) is 0. The normalized spacial score (nSPS) is 14.1. The van der Waals surface area contributed by atoms with Crippen molar-refractivity contribution in [1.29, 1.82) is 0 Å². The summed E-state index contributed by atoms with van der Waals surface area (Å²) in [5, 5.41) is 18.1. The van der Waals surface area contributed by atoms with Crippen LogP contribution in [-0.4, -0.2) is 22.0 Å². The van der Waals surface area contributed by atoms with E-state index in [4.69, 9.17) is 5.11 Å². The van der Waals surface area contributed by atoms with E-state index in [-0.39, 0.29) is 5.78 Å². The van der Waals surface area contributed by atoms with E-state index in [0.717, 1.165) is 11.1 Å². The number of hydrogen-bond donors (Lipinski definition) is 2. The van der Waals surface area contributed by atoms with Crippen LogP contribution in [0.2, 0.25) is 0 Å². The van der Waals surface area contributed by atoms with Crippen LogP contribution >= 0.6 is 15.9 Å². The molecule has 0 saturated heterocycles. The van der Waals surface area contributed by atoms with Crippen molar-refractivity contribution in [2.45, 2.75) is 24.8 Å². The molecule has 0 aliphatic rings. The van der Waals surface area contributed by atoms with E-state index in [2.05, 4.69) is 15.9 Å². The first-order chi connectivity index (χ1) is 7.84. The molecule has 2 unspecified atom stereocenters. The average molecular weight is 301 g/mol. The first-order valence-electron chi connectivity index (χ1n) is 5.00. The van der Waals surface area contributed by atoms with Gasteiger partial charge in [0.2, 0.25) is 0 Å². The molecule has 0 bridgehead atoms. The van der Waals surface area contributed by atoms with Crippen molar-refractivity contribution < 1.29 is 19.8 Å². The predicted molar refractivity (Wildman–Crippen MR) is 66.1 cm³/mol. The summed E-state index contributed by atoms with van der Waals surface area (Å²) >= 11 is 3.26. The van der Waals surface area contributed by atoms with Gasteiger partial charge < -0.3 is 10.2 Å². The number of carbonyl (C=O) groups excluding carboxylic acids is 1. The fraction of sp³-hybridized carbons (Fsp3) is 0.333. The minimum absolute atomic E-state index is 0.0281. The van der Waals surface area contributed by atoms with E-state index >= 15 is 0 Å². The molecular weight excluding hydrogens is 288 g/mol. The third-order valence-corrected chi connectivity index (χ3v) is 3.61. The lowest BCUT2D eigenvalue weighted by Crippen LogP contribution is -2.11. The molecule has 0 fully saturated rings. The van der Waals surface area contributed by atoms with Gasteiger partial charge in [0, 0.05) is 0 Å². The summed E-state index contributed by atoms with van der Waals surface area (Å²) in [5.74, 6) is -1.32. The Hall–Kier alpha value is -1.20. The number of aliphatic carboxylic acids is 1. The molecule has 2 N–H and O–H groups in total. The van der Waals surface area contributed by atoms with Crippen molar-refractivity contribution in [3.63, 3.8) is 0 Å². The smallest absolute Gasteiger partial charge is 0.337 e. The molecule has 92 valence electrons. The van der Waals surface area contributed by atoms with Crippen molar-refractivity contribution in [1.82, 2.24) is 0 Å². The topological polar surface area (TPSA) is 74.6 Å². The number of aliphatic hydroxyl groups is 1. The van der Waals surface area contributed by atoms with Gasteiger partial charge in [-0.15, -0.1) is 0 Å². The van der Waals surface area contributed by atoms with E-state index in [1.54, 1.807) is 19.1 Å². The van der Waals surface area contributed by atoms with E-state index in [1.165, 1.54) is 13.0 Å². The van der Waals surface area contributed by atoms with E-state index in [9.17, 15) is 14.7 Å². The highest BCUT2D eigenvalue weighted by Crippen LogP contribution is 2.28. The summed E-state index contributed by atoms with van der Waals surface area (Å²) in [6.07, 6.45) is -1.53. The Labute approximate surface area is 107 Å². The molecule has 0 amide bonds. The number of aryl methyl sites for hydroxylation is 1. The lowest BCUT2D eigenvalue weighted by atomic mass is 9.99. The fourth-order valence-electron chi connectivity index (χ4n) is 1.51. The molecule has 0 aliphatic heterocycles. The number of benzene rings is 1. The van der Waals surface area contributed by atoms with Crippen molar-refractivity contribution in [2.75, 3.05) is 0 Å². The first kappa shape index (κ1) is 13.9. The number of halogens is 1. The zero-order chi connectivity index (χ0) is 13.2. The Balaban J connectivity index is 3.10. The second-order valence-electron chi connectivity index (χ2n) is 3.83. The highest BCUT2D eigenvalue weighted by atomic mass is 79.9. The number of ketones is 1. The second kappa shape index (κ2) is 5.42. The largest absolute Gasteiger partial charge is 0.479 e. The van der Waals surface area contributed by atoms with Crippen LogP contribution in [0.3, 0.4) is 0 Å². The van der Waals surface area contributed by atoms with Gasteiger partial charge in [0.15, 0.2) is 6.10 Å². The molecule has 0 saturated carbocycles. The van der Waals surface area contributed by atoms with E-state index in [1.807, 2.05) is 0 Å². The third kappa shape index (κ3) is 3.14. The Morgan fingerprint density at radius 3 is 2.35 bits per heavy atom. The standard InChI is InChI=1S/C12H13BrO4/c1-6-5-8(11(15)12(16)17)3-4-9(6)10(13)7(2)14/h3-5,10-11,15H,1-2H3,(H,16,17). The van der Waals surface area contributed by atoms with Crippen LogP contribution < -0.4 is 0 Å². The monoisotopic (exact) mass is 300 g/mol. The van der Waals surface area contributed by atoms with Gasteiger partial charge >= 0.3 is 5.97 Å². The van der Waals surface area contributed by atoms with Crippen LogP contribution in [0.4, 0.5) is 0 Å². The van der Waals surface area contributed by atoms with Gasteiger partial charge in [0.25, 0.3) is 0 Å². The molecule has 4 nitrogen and oxygen atoms in total. The van der Waals surface area contributed by atoms with Crippen molar-refractivity contribution in [2.24, 2.45) is 0 Å². The Morgan fingerprint density at radius 2 is 1.94 bits per heavy atom. The number of Topliss-reactive ketones (excluding diaryl/α,β-unsaturated/α-hetero) is 1. The minimum Gasteiger partial charge on any atom is -0.479 e. The van der Waals surface area contributed by atoms with Crippen LogP contribution in [0.15, 0.2) is 18.2 Å². The minimum atomic E-state index is -1.53. The number of carboxylic acid groups (broad SMARTS) is 1. The van der Waals surface area contributed by atoms with Gasteiger partial charge in [-0.25, -0.2) is 4.79 Å². The maximum absolute atomic E-state index is 11.2. The Kier molecular flexibility index (Phi) is 4.42. The van der Waals surface area contributed by atoms with Crippen LogP contribution in [0.5, 0.6) is 0 Å². The van der Waals surface area contributed by atoms with Crippen molar-refractivity contribution in [3.8, 4) is 0 Å². The molecule has 0 aromatic heterocycles. The van der Waals surface area contributed by atoms with Gasteiger partial charge in [0.1, 0.15) is 5.78 Å². The fourth-order valence-corrected chi connectivity index (χ4v) is 2.03. The molecule has 0 aliphatic carbocycles. The second-order valence-corrected chi connectivity index (χ2v) is 4.75. The Bertz CT molecular complexity index is 456. The van der Waals surface area contributed by atoms with Gasteiger partial charge in [-0.05, 0) is 30.5 Å². The van der Waals surface area contributed by atoms with Crippen LogP contribution in [-0.2, 0) is 9.59 Å². The van der Waals surface area contributed by atoms with E-state index in [0.29, 0.717) is 5.56 Å². The third-order valence-electron chi connectivity index (χ3n) is 2.47. The quantitative estimate of drug-likeness (QED) is 0.836. The van der Waals surface area contributed by atoms with Gasteiger partial charge in [0.05, 0.1) is 4.83 Å². The number of aliphatic hydroxyl groups excluding tert-OH is 1. The zero-order valence-corrected chi connectivity index (χ0v) is 11.1. The highest BCUT2D eigenvalue weighted by Gasteiger charge is 2.19. The number of carboxylic acids is 1. The maximum atomic E-state index is 11.2. The average Bonchev–Trinajstić information content (AvgIpc) is 2.26. The van der Waals surface area contributed by atoms with Crippen LogP contribution in [0, 0.1) is 6.92 Å². The molecule has 17 heavy (non-hydrogen) atoms. The summed E-state index contributed by atoms with van der Waals surface area (Å²) in [5.41, 5.74) is 1.85. The predicted octanol–water partition coefficient (Wildman–Crippen LogP) is 2.14. The SMILES string of the molecule is CC(=O)C(Br)c1ccc(C(O)C(=O)O)cc1C. The number of carbonyl (C=O) groups is 2. The molecule has 1 aromatic carbocycles. The molecule has 2 atom stereocenters. The maximum Gasteiger partial charge on any atom is 0.337 e. The lowest BCUT2D eigenvalue weighted by molar-refractivity contribution is -0.147. The van der Waals surface area contributed by atoms with Crippen LogP contribution in [0.1, 0.15) is 34.5 Å². The van der Waals surface area contributed by atoms with Crippen molar-refractivity contribution in [3.05, 3.63) is 34.9 Å². The van der Waals surface area contributed by atoms with Gasteiger partial charge in [-0.1, -0.05) is 34.1 Å². The molecule has 0 radical (unpaired) electrons. The molecular formula is C12H13BrO4. The summed E-state index contributed by atoms with van der Waals surface area (Å²) in [6.45, 7) is 3.24. The van der Waals surface area contributed by atoms with Crippen molar-refractivity contribution >= 4 is 27.7 Å². The summed E-state index contributed by atoms with van der Waals surface area (Å²) < 4.78 is 0. The highest BCUT2D eigenvalue weighted by molar-refractivity contribution is 9.09. The summed E-state index contributed by atoms with van der Waals surface area (Å²) in [6, 6.07) is 4.74. The van der Waals surface area contributed by atoms with Gasteiger partial charge in [-0.2, -0.15) is 0 Å². The lowest BCUT2D eigenvalue weighted by Gasteiger charge is -2.13. The zero-order valence-electron chi connectivity index (χ0n) is 9.48. The Morgan fingerprint density at radius 1 is 1.35 bits per heavy atom. The van der Waals surface area contributed by atoms with Crippen LogP contribution in [0.25, 0.3) is 0 Å². The molecule has 0 spiro atoms. The molecule has 5 heteroatoms. The van der Waals surface area contributed by atoms with E-state index < -0.39 is 16.9 Å². The number of alkyl halides is 1. The van der Waals surface area contributed by atoms with Gasteiger partial charge in [-0.3, -0.25) is 4.79 Å². The molecule has 0 heterocycles. The first-order valence-corrected chi connectivity index (χ1v) is 5.92.